The van der Waals surface area contributed by atoms with E-state index in [2.05, 4.69) is 15.9 Å². The Kier molecular flexibility index (Phi) is 6.80. The Hall–Kier alpha value is 0.200. The van der Waals surface area contributed by atoms with Crippen LogP contribution in [-0.2, 0) is 0 Å². The highest BCUT2D eigenvalue weighted by Crippen LogP contribution is 2.27. The molecule has 0 aliphatic rings. The maximum absolute atomic E-state index is 9.61. The average Bonchev–Trinajstić information content (AvgIpc) is 2.19. The Balaban J connectivity index is 0.00000196. The SMILES string of the molecule is CC[C@H](O)[C@H](N)c1cc(Cl)ccc1Br.Cl. The predicted molar refractivity (Wildman–Crippen MR) is 69.6 cm³/mol. The summed E-state index contributed by atoms with van der Waals surface area (Å²) in [5, 5.41) is 10.2. The Labute approximate surface area is 109 Å². The molecule has 0 aromatic heterocycles. The average molecular weight is 315 g/mol. The van der Waals surface area contributed by atoms with Crippen molar-refractivity contribution in [2.45, 2.75) is 25.5 Å². The molecule has 86 valence electrons. The van der Waals surface area contributed by atoms with E-state index >= 15 is 0 Å². The van der Waals surface area contributed by atoms with Crippen LogP contribution in [0.4, 0.5) is 0 Å². The Morgan fingerprint density at radius 3 is 2.67 bits per heavy atom. The first kappa shape index (κ1) is 15.2. The molecule has 2 nitrogen and oxygen atoms in total. The van der Waals surface area contributed by atoms with E-state index in [1.807, 2.05) is 13.0 Å². The quantitative estimate of drug-likeness (QED) is 0.899. The maximum Gasteiger partial charge on any atom is 0.0730 e. The lowest BCUT2D eigenvalue weighted by atomic mass is 10.0. The number of rotatable bonds is 3. The van der Waals surface area contributed by atoms with Gasteiger partial charge < -0.3 is 10.8 Å². The molecule has 1 aromatic rings. The van der Waals surface area contributed by atoms with E-state index in [0.29, 0.717) is 11.4 Å². The second kappa shape index (κ2) is 6.71. The fourth-order valence-corrected chi connectivity index (χ4v) is 1.92. The molecule has 0 heterocycles. The number of benzene rings is 1. The molecule has 0 saturated heterocycles. The number of hydrogen-bond acceptors (Lipinski definition) is 2. The summed E-state index contributed by atoms with van der Waals surface area (Å²) in [7, 11) is 0. The van der Waals surface area contributed by atoms with Crippen LogP contribution in [0.5, 0.6) is 0 Å². The fraction of sp³-hybridized carbons (Fsp3) is 0.400. The van der Waals surface area contributed by atoms with Crippen molar-refractivity contribution in [3.8, 4) is 0 Å². The largest absolute Gasteiger partial charge is 0.391 e. The first-order valence-corrected chi connectivity index (χ1v) is 5.62. The van der Waals surface area contributed by atoms with E-state index in [4.69, 9.17) is 17.3 Å². The third-order valence-corrected chi connectivity index (χ3v) is 3.11. The minimum atomic E-state index is -0.537. The fourth-order valence-electron chi connectivity index (χ4n) is 1.23. The van der Waals surface area contributed by atoms with E-state index in [9.17, 15) is 5.11 Å². The number of halogens is 3. The highest BCUT2D eigenvalue weighted by atomic mass is 79.9. The van der Waals surface area contributed by atoms with Gasteiger partial charge in [0.25, 0.3) is 0 Å². The molecule has 0 fully saturated rings. The van der Waals surface area contributed by atoms with Crippen LogP contribution in [0.2, 0.25) is 5.02 Å². The summed E-state index contributed by atoms with van der Waals surface area (Å²) < 4.78 is 0.877. The van der Waals surface area contributed by atoms with Gasteiger partial charge in [0.1, 0.15) is 0 Å². The molecule has 1 aromatic carbocycles. The zero-order chi connectivity index (χ0) is 10.7. The molecule has 0 saturated carbocycles. The molecule has 1 rings (SSSR count). The zero-order valence-electron chi connectivity index (χ0n) is 8.28. The monoisotopic (exact) mass is 313 g/mol. The van der Waals surface area contributed by atoms with Crippen molar-refractivity contribution < 1.29 is 5.11 Å². The van der Waals surface area contributed by atoms with Gasteiger partial charge in [-0.25, -0.2) is 0 Å². The lowest BCUT2D eigenvalue weighted by Crippen LogP contribution is -2.25. The van der Waals surface area contributed by atoms with Crippen molar-refractivity contribution in [1.29, 1.82) is 0 Å². The summed E-state index contributed by atoms with van der Waals surface area (Å²) in [6.45, 7) is 1.89. The molecule has 0 aliphatic carbocycles. The summed E-state index contributed by atoms with van der Waals surface area (Å²) in [6.07, 6.45) is 0.0879. The van der Waals surface area contributed by atoms with Crippen LogP contribution < -0.4 is 5.73 Å². The lowest BCUT2D eigenvalue weighted by Gasteiger charge is -2.19. The third kappa shape index (κ3) is 3.93. The topological polar surface area (TPSA) is 46.2 Å². The molecule has 0 unspecified atom stereocenters. The molecule has 0 radical (unpaired) electrons. The highest BCUT2D eigenvalue weighted by Gasteiger charge is 2.17. The van der Waals surface area contributed by atoms with Crippen molar-refractivity contribution in [2.75, 3.05) is 0 Å². The normalized spacial score (nSPS) is 14.2. The van der Waals surface area contributed by atoms with Gasteiger partial charge in [-0.05, 0) is 30.2 Å². The molecule has 0 amide bonds. The number of hydrogen-bond donors (Lipinski definition) is 2. The molecular weight excluding hydrogens is 301 g/mol. The number of nitrogens with two attached hydrogens (primary N) is 1. The van der Waals surface area contributed by atoms with Gasteiger partial charge in [0, 0.05) is 9.50 Å². The molecule has 5 heteroatoms. The summed E-state index contributed by atoms with van der Waals surface area (Å²) >= 11 is 9.23. The van der Waals surface area contributed by atoms with Gasteiger partial charge in [0.05, 0.1) is 12.1 Å². The first-order valence-electron chi connectivity index (χ1n) is 4.44. The van der Waals surface area contributed by atoms with E-state index in [1.165, 1.54) is 0 Å². The van der Waals surface area contributed by atoms with Crippen LogP contribution in [-0.4, -0.2) is 11.2 Å². The van der Waals surface area contributed by atoms with Gasteiger partial charge >= 0.3 is 0 Å². The number of aliphatic hydroxyl groups is 1. The Morgan fingerprint density at radius 1 is 1.53 bits per heavy atom. The minimum absolute atomic E-state index is 0. The summed E-state index contributed by atoms with van der Waals surface area (Å²) in [5.41, 5.74) is 6.72. The first-order chi connectivity index (χ1) is 6.56. The van der Waals surface area contributed by atoms with E-state index < -0.39 is 12.1 Å². The molecule has 0 bridgehead atoms. The van der Waals surface area contributed by atoms with Gasteiger partial charge in [-0.2, -0.15) is 0 Å². The second-order valence-electron chi connectivity index (χ2n) is 3.17. The summed E-state index contributed by atoms with van der Waals surface area (Å²) in [5.74, 6) is 0. The standard InChI is InChI=1S/C10H13BrClNO.ClH/c1-2-9(14)10(13)7-5-6(12)3-4-8(7)11;/h3-5,9-10,14H,2,13H2,1H3;1H/t9-,10+;/m0./s1. The van der Waals surface area contributed by atoms with Crippen molar-refractivity contribution >= 4 is 39.9 Å². The smallest absolute Gasteiger partial charge is 0.0730 e. The van der Waals surface area contributed by atoms with Gasteiger partial charge in [-0.15, -0.1) is 12.4 Å². The molecule has 0 spiro atoms. The summed E-state index contributed by atoms with van der Waals surface area (Å²) in [6, 6.07) is 4.99. The predicted octanol–water partition coefficient (Wildman–Crippen LogP) is 3.30. The van der Waals surface area contributed by atoms with Crippen LogP contribution in [0.25, 0.3) is 0 Å². The second-order valence-corrected chi connectivity index (χ2v) is 4.46. The molecular formula is C10H14BrCl2NO. The van der Waals surface area contributed by atoms with E-state index in [1.54, 1.807) is 12.1 Å². The molecule has 2 atom stereocenters. The Morgan fingerprint density at radius 2 is 2.13 bits per heavy atom. The van der Waals surface area contributed by atoms with E-state index in [-0.39, 0.29) is 12.4 Å². The van der Waals surface area contributed by atoms with Crippen LogP contribution >= 0.6 is 39.9 Å². The lowest BCUT2D eigenvalue weighted by molar-refractivity contribution is 0.140. The molecule has 0 aliphatic heterocycles. The van der Waals surface area contributed by atoms with Crippen molar-refractivity contribution in [3.63, 3.8) is 0 Å². The third-order valence-electron chi connectivity index (χ3n) is 2.15. The molecule has 3 N–H and O–H groups in total. The Bertz CT molecular complexity index is 322. The van der Waals surface area contributed by atoms with Gasteiger partial charge in [0.15, 0.2) is 0 Å². The minimum Gasteiger partial charge on any atom is -0.391 e. The van der Waals surface area contributed by atoms with Crippen LogP contribution in [0.1, 0.15) is 24.9 Å². The van der Waals surface area contributed by atoms with Gasteiger partial charge in [-0.3, -0.25) is 0 Å². The molecule has 15 heavy (non-hydrogen) atoms. The van der Waals surface area contributed by atoms with Crippen molar-refractivity contribution in [3.05, 3.63) is 33.3 Å². The summed E-state index contributed by atoms with van der Waals surface area (Å²) in [4.78, 5) is 0. The zero-order valence-corrected chi connectivity index (χ0v) is 11.4. The van der Waals surface area contributed by atoms with Crippen LogP contribution in [0.15, 0.2) is 22.7 Å². The van der Waals surface area contributed by atoms with E-state index in [0.717, 1.165) is 10.0 Å². The van der Waals surface area contributed by atoms with Crippen LogP contribution in [0, 0.1) is 0 Å². The highest BCUT2D eigenvalue weighted by molar-refractivity contribution is 9.10. The van der Waals surface area contributed by atoms with Crippen molar-refractivity contribution in [2.24, 2.45) is 5.73 Å². The number of aliphatic hydroxyl groups excluding tert-OH is 1. The van der Waals surface area contributed by atoms with Gasteiger partial charge in [-0.1, -0.05) is 34.5 Å². The van der Waals surface area contributed by atoms with Crippen molar-refractivity contribution in [1.82, 2.24) is 0 Å². The van der Waals surface area contributed by atoms with Gasteiger partial charge in [0.2, 0.25) is 0 Å². The maximum atomic E-state index is 9.61. The van der Waals surface area contributed by atoms with Crippen LogP contribution in [0.3, 0.4) is 0 Å².